The summed E-state index contributed by atoms with van der Waals surface area (Å²) in [5.74, 6) is 0.00588. The molecule has 4 rings (SSSR count). The molecule has 3 amide bonds. The lowest BCUT2D eigenvalue weighted by atomic mass is 9.83. The fourth-order valence-electron chi connectivity index (χ4n) is 4.58. The third-order valence-electron chi connectivity index (χ3n) is 6.56. The second-order valence-corrected chi connectivity index (χ2v) is 9.09. The van der Waals surface area contributed by atoms with E-state index in [1.807, 2.05) is 29.2 Å². The Bertz CT molecular complexity index is 1050. The van der Waals surface area contributed by atoms with Crippen LogP contribution in [0.4, 0.5) is 5.69 Å². The van der Waals surface area contributed by atoms with E-state index in [9.17, 15) is 14.4 Å². The maximum Gasteiger partial charge on any atom is 0.251 e. The third kappa shape index (κ3) is 5.41. The smallest absolute Gasteiger partial charge is 0.251 e. The van der Waals surface area contributed by atoms with Crippen molar-refractivity contribution in [2.45, 2.75) is 57.5 Å². The molecule has 2 N–H and O–H groups in total. The standard InChI is InChI=1S/C27H33N3O4/c1-3-4-16-30-24(31)15-14-22(25(30)21-10-5-6-11-23(21)34-2)27(33)29-20-9-7-8-18(17-20)26(32)28-19-12-13-19/h5-11,17,19,22,25H,3-4,12-16H2,1-2H3,(H,28,32)(H,29,33)/t22-,25+/m1/s1. The normalized spacial score (nSPS) is 20.1. The van der Waals surface area contributed by atoms with Gasteiger partial charge >= 0.3 is 0 Å². The van der Waals surface area contributed by atoms with Crippen LogP contribution >= 0.6 is 0 Å². The van der Waals surface area contributed by atoms with Gasteiger partial charge in [0.25, 0.3) is 5.91 Å². The van der Waals surface area contributed by atoms with E-state index in [0.717, 1.165) is 31.2 Å². The number of piperidine rings is 1. The molecule has 0 aromatic heterocycles. The van der Waals surface area contributed by atoms with Crippen LogP contribution in [-0.2, 0) is 9.59 Å². The Morgan fingerprint density at radius 1 is 1.09 bits per heavy atom. The van der Waals surface area contributed by atoms with Crippen molar-refractivity contribution in [3.63, 3.8) is 0 Å². The van der Waals surface area contributed by atoms with Gasteiger partial charge < -0.3 is 20.3 Å². The fraction of sp³-hybridized carbons (Fsp3) is 0.444. The summed E-state index contributed by atoms with van der Waals surface area (Å²) in [6.45, 7) is 2.68. The molecule has 1 heterocycles. The largest absolute Gasteiger partial charge is 0.496 e. The number of hydrogen-bond acceptors (Lipinski definition) is 4. The van der Waals surface area contributed by atoms with Gasteiger partial charge in [-0.05, 0) is 49.9 Å². The molecule has 2 atom stereocenters. The molecule has 2 aromatic carbocycles. The van der Waals surface area contributed by atoms with Crippen molar-refractivity contribution in [3.05, 3.63) is 59.7 Å². The molecule has 1 saturated carbocycles. The highest BCUT2D eigenvalue weighted by atomic mass is 16.5. The van der Waals surface area contributed by atoms with E-state index >= 15 is 0 Å². The number of methoxy groups -OCH3 is 1. The molecule has 7 nitrogen and oxygen atoms in total. The fourth-order valence-corrected chi connectivity index (χ4v) is 4.58. The van der Waals surface area contributed by atoms with Crippen molar-refractivity contribution in [3.8, 4) is 5.75 Å². The predicted octanol–water partition coefficient (Wildman–Crippen LogP) is 4.31. The number of nitrogens with zero attached hydrogens (tertiary/aromatic N) is 1. The number of carbonyl (C=O) groups is 3. The first kappa shape index (κ1) is 23.8. The summed E-state index contributed by atoms with van der Waals surface area (Å²) in [6, 6.07) is 14.5. The Labute approximate surface area is 200 Å². The minimum Gasteiger partial charge on any atom is -0.496 e. The Balaban J connectivity index is 1.59. The lowest BCUT2D eigenvalue weighted by Gasteiger charge is -2.41. The van der Waals surface area contributed by atoms with Crippen LogP contribution in [-0.4, -0.2) is 42.3 Å². The van der Waals surface area contributed by atoms with Crippen LogP contribution in [0.3, 0.4) is 0 Å². The number of amides is 3. The molecule has 1 aliphatic heterocycles. The van der Waals surface area contributed by atoms with Crippen molar-refractivity contribution in [2.24, 2.45) is 5.92 Å². The number of likely N-dealkylation sites (tertiary alicyclic amines) is 1. The van der Waals surface area contributed by atoms with Crippen molar-refractivity contribution in [1.82, 2.24) is 10.2 Å². The van der Waals surface area contributed by atoms with Gasteiger partial charge in [0.05, 0.1) is 19.1 Å². The SMILES string of the molecule is CCCCN1C(=O)CC[C@@H](C(=O)Nc2cccc(C(=O)NC3CC3)c2)[C@@H]1c1ccccc1OC. The van der Waals surface area contributed by atoms with Crippen molar-refractivity contribution in [2.75, 3.05) is 19.0 Å². The van der Waals surface area contributed by atoms with Crippen LogP contribution in [0.2, 0.25) is 0 Å². The van der Waals surface area contributed by atoms with Crippen LogP contribution in [0.1, 0.15) is 67.4 Å². The van der Waals surface area contributed by atoms with Crippen LogP contribution < -0.4 is 15.4 Å². The van der Waals surface area contributed by atoms with E-state index in [0.29, 0.717) is 36.4 Å². The number of anilines is 1. The average Bonchev–Trinajstić information content (AvgIpc) is 3.67. The molecule has 0 unspecified atom stereocenters. The Hall–Kier alpha value is -3.35. The van der Waals surface area contributed by atoms with Crippen LogP contribution in [0.25, 0.3) is 0 Å². The van der Waals surface area contributed by atoms with Crippen molar-refractivity contribution >= 4 is 23.4 Å². The molecule has 1 saturated heterocycles. The molecule has 180 valence electrons. The summed E-state index contributed by atoms with van der Waals surface area (Å²) in [4.78, 5) is 40.8. The average molecular weight is 464 g/mol. The maximum absolute atomic E-state index is 13.6. The summed E-state index contributed by atoms with van der Waals surface area (Å²) in [7, 11) is 1.60. The molecular weight excluding hydrogens is 430 g/mol. The maximum atomic E-state index is 13.6. The van der Waals surface area contributed by atoms with Crippen molar-refractivity contribution in [1.29, 1.82) is 0 Å². The van der Waals surface area contributed by atoms with Gasteiger partial charge in [-0.2, -0.15) is 0 Å². The van der Waals surface area contributed by atoms with Gasteiger partial charge in [-0.1, -0.05) is 37.6 Å². The second-order valence-electron chi connectivity index (χ2n) is 9.09. The molecule has 0 radical (unpaired) electrons. The minimum atomic E-state index is -0.435. The van der Waals surface area contributed by atoms with Gasteiger partial charge in [0.15, 0.2) is 0 Å². The number of rotatable bonds is 9. The van der Waals surface area contributed by atoms with E-state index in [-0.39, 0.29) is 23.8 Å². The Kier molecular flexibility index (Phi) is 7.50. The van der Waals surface area contributed by atoms with E-state index < -0.39 is 12.0 Å². The number of hydrogen-bond donors (Lipinski definition) is 2. The van der Waals surface area contributed by atoms with Gasteiger partial charge in [-0.25, -0.2) is 0 Å². The molecule has 0 spiro atoms. The number of ether oxygens (including phenoxy) is 1. The quantitative estimate of drug-likeness (QED) is 0.580. The van der Waals surface area contributed by atoms with Gasteiger partial charge in [-0.15, -0.1) is 0 Å². The first-order chi connectivity index (χ1) is 16.5. The highest BCUT2D eigenvalue weighted by molar-refractivity contribution is 5.98. The Morgan fingerprint density at radius 2 is 1.88 bits per heavy atom. The summed E-state index contributed by atoms with van der Waals surface area (Å²) in [5.41, 5.74) is 1.94. The lowest BCUT2D eigenvalue weighted by molar-refractivity contribution is -0.142. The molecule has 0 bridgehead atoms. The first-order valence-corrected chi connectivity index (χ1v) is 12.2. The van der Waals surface area contributed by atoms with E-state index in [2.05, 4.69) is 17.6 Å². The molecule has 2 aromatic rings. The molecule has 34 heavy (non-hydrogen) atoms. The molecule has 2 fully saturated rings. The summed E-state index contributed by atoms with van der Waals surface area (Å²) >= 11 is 0. The predicted molar refractivity (Wildman–Crippen MR) is 131 cm³/mol. The van der Waals surface area contributed by atoms with E-state index in [4.69, 9.17) is 4.74 Å². The van der Waals surface area contributed by atoms with E-state index in [1.165, 1.54) is 0 Å². The number of para-hydroxylation sites is 1. The molecule has 1 aliphatic carbocycles. The zero-order valence-electron chi connectivity index (χ0n) is 19.9. The zero-order chi connectivity index (χ0) is 24.1. The molecule has 7 heteroatoms. The van der Waals surface area contributed by atoms with Gasteiger partial charge in [0.1, 0.15) is 5.75 Å². The van der Waals surface area contributed by atoms with Gasteiger partial charge in [0, 0.05) is 35.8 Å². The van der Waals surface area contributed by atoms with Gasteiger partial charge in [0.2, 0.25) is 11.8 Å². The Morgan fingerprint density at radius 3 is 2.62 bits per heavy atom. The topological polar surface area (TPSA) is 87.7 Å². The third-order valence-corrected chi connectivity index (χ3v) is 6.56. The second kappa shape index (κ2) is 10.7. The molecular formula is C27H33N3O4. The minimum absolute atomic E-state index is 0.0622. The lowest BCUT2D eigenvalue weighted by Crippen LogP contribution is -2.47. The number of nitrogens with one attached hydrogen (secondary N) is 2. The van der Waals surface area contributed by atoms with Crippen LogP contribution in [0, 0.1) is 5.92 Å². The van der Waals surface area contributed by atoms with Crippen LogP contribution in [0.15, 0.2) is 48.5 Å². The monoisotopic (exact) mass is 463 g/mol. The van der Waals surface area contributed by atoms with Crippen molar-refractivity contribution < 1.29 is 19.1 Å². The zero-order valence-corrected chi connectivity index (χ0v) is 19.9. The number of benzene rings is 2. The van der Waals surface area contributed by atoms with Gasteiger partial charge in [-0.3, -0.25) is 14.4 Å². The van der Waals surface area contributed by atoms with E-state index in [1.54, 1.807) is 31.4 Å². The summed E-state index contributed by atoms with van der Waals surface area (Å²) in [5, 5.41) is 5.98. The molecule has 2 aliphatic rings. The number of unbranched alkanes of at least 4 members (excludes halogenated alkanes) is 1. The number of carbonyl (C=O) groups excluding carboxylic acids is 3. The highest BCUT2D eigenvalue weighted by Crippen LogP contribution is 2.41. The highest BCUT2D eigenvalue weighted by Gasteiger charge is 2.41. The van der Waals surface area contributed by atoms with Crippen LogP contribution in [0.5, 0.6) is 5.75 Å². The summed E-state index contributed by atoms with van der Waals surface area (Å²) < 4.78 is 5.60. The first-order valence-electron chi connectivity index (χ1n) is 12.2. The summed E-state index contributed by atoms with van der Waals surface area (Å²) in [6.07, 6.45) is 4.64.